The zero-order valence-electron chi connectivity index (χ0n) is 11.6. The summed E-state index contributed by atoms with van der Waals surface area (Å²) < 4.78 is 0. The van der Waals surface area contributed by atoms with Crippen molar-refractivity contribution >= 4 is 17.3 Å². The highest BCUT2D eigenvalue weighted by atomic mass is 32.1. The standard InChI is InChI=1S/C16H17NO2S/c1-9(2)13-14(16(18)19)20-15(17-13)12-7-5-11(6-8-12)10-3-4-10/h5-10H,3-4H2,1-2H3,(H,18,19). The number of benzene rings is 1. The van der Waals surface area contributed by atoms with Crippen LogP contribution >= 0.6 is 11.3 Å². The number of aromatic nitrogens is 1. The van der Waals surface area contributed by atoms with Gasteiger partial charge in [-0.3, -0.25) is 0 Å². The molecule has 1 aromatic heterocycles. The Labute approximate surface area is 122 Å². The van der Waals surface area contributed by atoms with Gasteiger partial charge in [0, 0.05) is 5.56 Å². The van der Waals surface area contributed by atoms with Crippen molar-refractivity contribution in [3.05, 3.63) is 40.4 Å². The lowest BCUT2D eigenvalue weighted by atomic mass is 10.1. The summed E-state index contributed by atoms with van der Waals surface area (Å²) in [6.07, 6.45) is 2.58. The second kappa shape index (κ2) is 5.02. The Morgan fingerprint density at radius 1 is 1.30 bits per heavy atom. The quantitative estimate of drug-likeness (QED) is 0.900. The molecule has 1 N–H and O–H groups in total. The third-order valence-corrected chi connectivity index (χ3v) is 4.71. The highest BCUT2D eigenvalue weighted by Crippen LogP contribution is 2.41. The van der Waals surface area contributed by atoms with E-state index < -0.39 is 5.97 Å². The lowest BCUT2D eigenvalue weighted by Crippen LogP contribution is -2.00. The van der Waals surface area contributed by atoms with E-state index in [-0.39, 0.29) is 5.92 Å². The minimum atomic E-state index is -0.882. The van der Waals surface area contributed by atoms with E-state index in [1.807, 2.05) is 13.8 Å². The lowest BCUT2D eigenvalue weighted by molar-refractivity contribution is 0.0700. The Hall–Kier alpha value is -1.68. The zero-order chi connectivity index (χ0) is 14.3. The summed E-state index contributed by atoms with van der Waals surface area (Å²) >= 11 is 1.27. The van der Waals surface area contributed by atoms with Crippen LogP contribution in [0.15, 0.2) is 24.3 Å². The molecule has 1 aliphatic carbocycles. The fraction of sp³-hybridized carbons (Fsp3) is 0.375. The predicted molar refractivity (Wildman–Crippen MR) is 80.6 cm³/mol. The van der Waals surface area contributed by atoms with Crippen LogP contribution in [0.2, 0.25) is 0 Å². The second-order valence-electron chi connectivity index (χ2n) is 5.59. The largest absolute Gasteiger partial charge is 0.477 e. The smallest absolute Gasteiger partial charge is 0.347 e. The summed E-state index contributed by atoms with van der Waals surface area (Å²) in [6.45, 7) is 3.95. The van der Waals surface area contributed by atoms with Crippen molar-refractivity contribution in [3.63, 3.8) is 0 Å². The van der Waals surface area contributed by atoms with Crippen LogP contribution in [-0.4, -0.2) is 16.1 Å². The third kappa shape index (κ3) is 2.48. The summed E-state index contributed by atoms with van der Waals surface area (Å²) in [5, 5.41) is 10.1. The second-order valence-corrected chi connectivity index (χ2v) is 6.59. The summed E-state index contributed by atoms with van der Waals surface area (Å²) in [4.78, 5) is 16.2. The first-order valence-electron chi connectivity index (χ1n) is 6.90. The van der Waals surface area contributed by atoms with E-state index in [1.165, 1.54) is 29.7 Å². The van der Waals surface area contributed by atoms with Gasteiger partial charge in [-0.05, 0) is 30.2 Å². The van der Waals surface area contributed by atoms with Crippen molar-refractivity contribution in [2.75, 3.05) is 0 Å². The molecule has 20 heavy (non-hydrogen) atoms. The van der Waals surface area contributed by atoms with Gasteiger partial charge in [-0.25, -0.2) is 9.78 Å². The Morgan fingerprint density at radius 3 is 2.40 bits per heavy atom. The molecule has 2 aromatic rings. The monoisotopic (exact) mass is 287 g/mol. The van der Waals surface area contributed by atoms with Crippen LogP contribution in [0.1, 0.15) is 59.5 Å². The molecule has 1 saturated carbocycles. The average molecular weight is 287 g/mol. The molecule has 4 heteroatoms. The number of carboxylic acids is 1. The molecule has 104 valence electrons. The predicted octanol–water partition coefficient (Wildman–Crippen LogP) is 4.51. The van der Waals surface area contributed by atoms with E-state index in [4.69, 9.17) is 0 Å². The van der Waals surface area contributed by atoms with Gasteiger partial charge in [0.25, 0.3) is 0 Å². The van der Waals surface area contributed by atoms with Crippen LogP contribution in [0.4, 0.5) is 0 Å². The Balaban J connectivity index is 1.96. The molecule has 0 atom stereocenters. The van der Waals surface area contributed by atoms with Gasteiger partial charge in [-0.2, -0.15) is 0 Å². The van der Waals surface area contributed by atoms with E-state index in [0.717, 1.165) is 16.5 Å². The highest BCUT2D eigenvalue weighted by Gasteiger charge is 2.24. The van der Waals surface area contributed by atoms with Crippen LogP contribution in [-0.2, 0) is 0 Å². The molecule has 1 aromatic carbocycles. The van der Waals surface area contributed by atoms with Gasteiger partial charge in [-0.1, -0.05) is 38.1 Å². The first-order chi connectivity index (χ1) is 9.56. The summed E-state index contributed by atoms with van der Waals surface area (Å²) in [5.41, 5.74) is 3.07. The van der Waals surface area contributed by atoms with Crippen LogP contribution in [0.3, 0.4) is 0 Å². The van der Waals surface area contributed by atoms with E-state index in [9.17, 15) is 9.90 Å². The fourth-order valence-corrected chi connectivity index (χ4v) is 3.38. The normalized spacial score (nSPS) is 14.8. The van der Waals surface area contributed by atoms with E-state index in [2.05, 4.69) is 29.2 Å². The SMILES string of the molecule is CC(C)c1nc(-c2ccc(C3CC3)cc2)sc1C(=O)O. The topological polar surface area (TPSA) is 50.2 Å². The fourth-order valence-electron chi connectivity index (χ4n) is 2.31. The van der Waals surface area contributed by atoms with Gasteiger partial charge < -0.3 is 5.11 Å². The molecule has 1 aliphatic rings. The number of thiazole rings is 1. The summed E-state index contributed by atoms with van der Waals surface area (Å²) in [6, 6.07) is 8.40. The van der Waals surface area contributed by atoms with Crippen molar-refractivity contribution in [2.45, 2.75) is 38.5 Å². The van der Waals surface area contributed by atoms with Gasteiger partial charge in [-0.15, -0.1) is 11.3 Å². The minimum Gasteiger partial charge on any atom is -0.477 e. The van der Waals surface area contributed by atoms with Gasteiger partial charge in [0.15, 0.2) is 0 Å². The van der Waals surface area contributed by atoms with Crippen LogP contribution in [0, 0.1) is 0 Å². The van der Waals surface area contributed by atoms with Crippen LogP contribution < -0.4 is 0 Å². The lowest BCUT2D eigenvalue weighted by Gasteiger charge is -2.01. The maximum atomic E-state index is 11.3. The molecule has 0 saturated heterocycles. The Bertz CT molecular complexity index is 639. The van der Waals surface area contributed by atoms with E-state index in [1.54, 1.807) is 0 Å². The third-order valence-electron chi connectivity index (χ3n) is 3.60. The maximum absolute atomic E-state index is 11.3. The summed E-state index contributed by atoms with van der Waals surface area (Å²) in [5.74, 6) is -0.0231. The number of hydrogen-bond acceptors (Lipinski definition) is 3. The number of hydrogen-bond donors (Lipinski definition) is 1. The number of aromatic carboxylic acids is 1. The van der Waals surface area contributed by atoms with Gasteiger partial charge in [0.1, 0.15) is 9.88 Å². The molecule has 0 radical (unpaired) electrons. The van der Waals surface area contributed by atoms with Crippen molar-refractivity contribution < 1.29 is 9.90 Å². The average Bonchev–Trinajstić information content (AvgIpc) is 3.16. The molecule has 0 unspecified atom stereocenters. The number of carboxylic acid groups (broad SMARTS) is 1. The Morgan fingerprint density at radius 2 is 1.95 bits per heavy atom. The van der Waals surface area contributed by atoms with Gasteiger partial charge in [0.2, 0.25) is 0 Å². The Kier molecular flexibility index (Phi) is 3.34. The van der Waals surface area contributed by atoms with E-state index in [0.29, 0.717) is 10.6 Å². The number of nitrogens with zero attached hydrogens (tertiary/aromatic N) is 1. The molecule has 0 bridgehead atoms. The number of carbonyl (C=O) groups is 1. The van der Waals surface area contributed by atoms with Gasteiger partial charge >= 0.3 is 5.97 Å². The first-order valence-corrected chi connectivity index (χ1v) is 7.72. The molecule has 0 spiro atoms. The maximum Gasteiger partial charge on any atom is 0.347 e. The van der Waals surface area contributed by atoms with Gasteiger partial charge in [0.05, 0.1) is 5.69 Å². The van der Waals surface area contributed by atoms with Crippen LogP contribution in [0.25, 0.3) is 10.6 Å². The first kappa shape index (κ1) is 13.3. The van der Waals surface area contributed by atoms with Crippen molar-refractivity contribution in [1.29, 1.82) is 0 Å². The van der Waals surface area contributed by atoms with E-state index >= 15 is 0 Å². The number of rotatable bonds is 4. The summed E-state index contributed by atoms with van der Waals surface area (Å²) in [7, 11) is 0. The molecule has 0 aliphatic heterocycles. The van der Waals surface area contributed by atoms with Crippen LogP contribution in [0.5, 0.6) is 0 Å². The highest BCUT2D eigenvalue weighted by molar-refractivity contribution is 7.17. The molecule has 3 rings (SSSR count). The molecular formula is C16H17NO2S. The molecular weight excluding hydrogens is 270 g/mol. The zero-order valence-corrected chi connectivity index (χ0v) is 12.4. The molecule has 1 fully saturated rings. The van der Waals surface area contributed by atoms with Crippen molar-refractivity contribution in [2.24, 2.45) is 0 Å². The van der Waals surface area contributed by atoms with Crippen molar-refractivity contribution in [1.82, 2.24) is 4.98 Å². The molecule has 3 nitrogen and oxygen atoms in total. The van der Waals surface area contributed by atoms with Crippen molar-refractivity contribution in [3.8, 4) is 10.6 Å². The molecule has 1 heterocycles. The minimum absolute atomic E-state index is 0.122. The molecule has 0 amide bonds.